The number of aryl methyl sites for hydroxylation is 2. The van der Waals surface area contributed by atoms with Crippen molar-refractivity contribution in [2.45, 2.75) is 43.6 Å². The molecule has 164 valence electrons. The van der Waals surface area contributed by atoms with Crippen LogP contribution in [-0.4, -0.2) is 45.2 Å². The Morgan fingerprint density at radius 3 is 2.55 bits per heavy atom. The Balaban J connectivity index is 1.34. The van der Waals surface area contributed by atoms with E-state index in [9.17, 15) is 18.0 Å². The summed E-state index contributed by atoms with van der Waals surface area (Å²) in [6.07, 6.45) is 1.71. The molecule has 0 amide bonds. The molecular formula is C23H24O7S. The molecule has 0 spiro atoms. The van der Waals surface area contributed by atoms with Crippen molar-refractivity contribution < 1.29 is 32.2 Å². The Morgan fingerprint density at radius 2 is 1.74 bits per heavy atom. The van der Waals surface area contributed by atoms with Crippen LogP contribution >= 0.6 is 0 Å². The molecule has 2 aromatic rings. The number of hydrogen-bond acceptors (Lipinski definition) is 7. The molecule has 4 rings (SSSR count). The summed E-state index contributed by atoms with van der Waals surface area (Å²) in [5.74, 6) is -0.599. The van der Waals surface area contributed by atoms with Crippen molar-refractivity contribution in [3.8, 4) is 11.5 Å². The third kappa shape index (κ3) is 4.74. The van der Waals surface area contributed by atoms with Crippen molar-refractivity contribution in [2.75, 3.05) is 19.0 Å². The van der Waals surface area contributed by atoms with Crippen LogP contribution in [0.2, 0.25) is 0 Å². The highest BCUT2D eigenvalue weighted by Gasteiger charge is 2.24. The third-order valence-electron chi connectivity index (χ3n) is 5.51. The molecule has 0 aromatic heterocycles. The molecule has 0 fully saturated rings. The molecule has 0 saturated heterocycles. The average Bonchev–Trinajstić information content (AvgIpc) is 3.25. The number of fused-ring (bicyclic) bond motifs is 2. The first-order valence-electron chi connectivity index (χ1n) is 10.3. The van der Waals surface area contributed by atoms with Gasteiger partial charge >= 0.3 is 5.97 Å². The number of rotatable bonds is 7. The number of ether oxygens (including phenoxy) is 3. The summed E-state index contributed by atoms with van der Waals surface area (Å²) in [6, 6.07) is 9.93. The lowest BCUT2D eigenvalue weighted by atomic mass is 10.0. The van der Waals surface area contributed by atoms with Gasteiger partial charge in [-0.1, -0.05) is 12.1 Å². The fraction of sp³-hybridized carbons (Fsp3) is 0.391. The van der Waals surface area contributed by atoms with Crippen molar-refractivity contribution in [3.05, 3.63) is 53.1 Å². The zero-order valence-electron chi connectivity index (χ0n) is 17.3. The number of Topliss-reactive ketones (excluding diaryl/α,β-unsaturated/α-hetero) is 1. The first-order valence-corrected chi connectivity index (χ1v) is 12.0. The Bertz CT molecular complexity index is 1120. The fourth-order valence-electron chi connectivity index (χ4n) is 3.82. The molecule has 1 heterocycles. The van der Waals surface area contributed by atoms with E-state index in [0.717, 1.165) is 24.8 Å². The molecule has 2 aromatic carbocycles. The zero-order chi connectivity index (χ0) is 22.0. The quantitative estimate of drug-likeness (QED) is 0.479. The maximum absolute atomic E-state index is 12.6. The lowest BCUT2D eigenvalue weighted by Gasteiger charge is -2.18. The number of esters is 1. The minimum atomic E-state index is -3.73. The first-order chi connectivity index (χ1) is 14.8. The Hall–Kier alpha value is -2.87. The summed E-state index contributed by atoms with van der Waals surface area (Å²) < 4.78 is 41.2. The highest BCUT2D eigenvalue weighted by atomic mass is 32.2. The Kier molecular flexibility index (Phi) is 6.00. The van der Waals surface area contributed by atoms with E-state index < -0.39 is 27.7 Å². The van der Waals surface area contributed by atoms with Gasteiger partial charge in [-0.15, -0.1) is 0 Å². The van der Waals surface area contributed by atoms with Gasteiger partial charge in [0.2, 0.25) is 5.78 Å². The summed E-state index contributed by atoms with van der Waals surface area (Å²) in [4.78, 5) is 24.9. The van der Waals surface area contributed by atoms with Gasteiger partial charge in [0, 0.05) is 11.6 Å². The van der Waals surface area contributed by atoms with E-state index in [1.54, 1.807) is 6.07 Å². The second-order valence-corrected chi connectivity index (χ2v) is 9.82. The van der Waals surface area contributed by atoms with Gasteiger partial charge in [-0.05, 0) is 55.5 Å². The van der Waals surface area contributed by atoms with Gasteiger partial charge in [-0.25, -0.2) is 8.42 Å². The predicted molar refractivity (Wildman–Crippen MR) is 112 cm³/mol. The average molecular weight is 445 g/mol. The predicted octanol–water partition coefficient (Wildman–Crippen LogP) is 2.92. The van der Waals surface area contributed by atoms with E-state index in [4.69, 9.17) is 14.2 Å². The molecular weight excluding hydrogens is 420 g/mol. The minimum absolute atomic E-state index is 0.0480. The molecule has 31 heavy (non-hydrogen) atoms. The molecule has 7 nitrogen and oxygen atoms in total. The van der Waals surface area contributed by atoms with Crippen molar-refractivity contribution in [1.29, 1.82) is 0 Å². The van der Waals surface area contributed by atoms with E-state index >= 15 is 0 Å². The van der Waals surface area contributed by atoms with Crippen LogP contribution in [-0.2, 0) is 32.2 Å². The smallest absolute Gasteiger partial charge is 0.307 e. The highest BCUT2D eigenvalue weighted by Crippen LogP contribution is 2.32. The number of sulfone groups is 1. The van der Waals surface area contributed by atoms with E-state index in [0.29, 0.717) is 30.3 Å². The maximum atomic E-state index is 12.6. The van der Waals surface area contributed by atoms with E-state index in [1.165, 1.54) is 30.7 Å². The van der Waals surface area contributed by atoms with Crippen LogP contribution in [0.25, 0.3) is 0 Å². The number of carbonyl (C=O) groups is 2. The van der Waals surface area contributed by atoms with Gasteiger partial charge in [-0.2, -0.15) is 0 Å². The van der Waals surface area contributed by atoms with Gasteiger partial charge < -0.3 is 14.2 Å². The molecule has 0 saturated carbocycles. The normalized spacial score (nSPS) is 15.8. The molecule has 0 radical (unpaired) electrons. The number of ketones is 1. The number of benzene rings is 2. The summed E-state index contributed by atoms with van der Waals surface area (Å²) >= 11 is 0. The zero-order valence-corrected chi connectivity index (χ0v) is 18.1. The summed E-state index contributed by atoms with van der Waals surface area (Å²) in [5.41, 5.74) is 2.92. The van der Waals surface area contributed by atoms with Crippen LogP contribution in [0.15, 0.2) is 41.3 Å². The maximum Gasteiger partial charge on any atom is 0.307 e. The number of hydrogen-bond donors (Lipinski definition) is 0. The minimum Gasteiger partial charge on any atom is -0.486 e. The first kappa shape index (κ1) is 21.4. The molecule has 0 bridgehead atoms. The summed E-state index contributed by atoms with van der Waals surface area (Å²) in [6.45, 7) is 2.26. The van der Waals surface area contributed by atoms with Gasteiger partial charge in [0.05, 0.1) is 17.1 Å². The molecule has 1 unspecified atom stereocenters. The van der Waals surface area contributed by atoms with Crippen molar-refractivity contribution in [2.24, 2.45) is 0 Å². The fourth-order valence-corrected chi connectivity index (χ4v) is 5.06. The van der Waals surface area contributed by atoms with Gasteiger partial charge in [-0.3, -0.25) is 9.59 Å². The van der Waals surface area contributed by atoms with E-state index in [-0.39, 0.29) is 17.1 Å². The molecule has 2 aliphatic rings. The third-order valence-corrected chi connectivity index (χ3v) is 7.22. The molecule has 1 aliphatic heterocycles. The molecule has 0 N–H and O–H groups in total. The largest absolute Gasteiger partial charge is 0.486 e. The molecule has 8 heteroatoms. The van der Waals surface area contributed by atoms with Crippen LogP contribution in [0.5, 0.6) is 11.5 Å². The highest BCUT2D eigenvalue weighted by molar-refractivity contribution is 7.91. The van der Waals surface area contributed by atoms with Crippen molar-refractivity contribution >= 4 is 21.6 Å². The van der Waals surface area contributed by atoms with Crippen LogP contribution in [0, 0.1) is 0 Å². The Morgan fingerprint density at radius 1 is 1.00 bits per heavy atom. The van der Waals surface area contributed by atoms with Gasteiger partial charge in [0.15, 0.2) is 27.4 Å². The monoisotopic (exact) mass is 444 g/mol. The molecule has 1 aliphatic carbocycles. The topological polar surface area (TPSA) is 96.0 Å². The van der Waals surface area contributed by atoms with Crippen LogP contribution in [0.1, 0.15) is 41.3 Å². The van der Waals surface area contributed by atoms with Crippen LogP contribution in [0.4, 0.5) is 0 Å². The SMILES string of the molecule is CC(OC(=O)CCS(=O)(=O)c1ccc2c(c1)OCCO2)C(=O)c1ccc2c(c1)CCC2. The standard InChI is InChI=1S/C23H24O7S/c1-15(23(25)18-6-5-16-3-2-4-17(16)13-18)30-22(24)9-12-31(26,27)19-7-8-20-21(14-19)29-11-10-28-20/h5-8,13-15H,2-4,9-12H2,1H3. The lowest BCUT2D eigenvalue weighted by Crippen LogP contribution is -2.25. The van der Waals surface area contributed by atoms with Crippen molar-refractivity contribution in [1.82, 2.24) is 0 Å². The van der Waals surface area contributed by atoms with Crippen LogP contribution in [0.3, 0.4) is 0 Å². The second kappa shape index (κ2) is 8.70. The Labute approximate surface area is 181 Å². The number of carbonyl (C=O) groups excluding carboxylic acids is 2. The van der Waals surface area contributed by atoms with Crippen molar-refractivity contribution in [3.63, 3.8) is 0 Å². The lowest BCUT2D eigenvalue weighted by molar-refractivity contribution is -0.145. The van der Waals surface area contributed by atoms with Crippen LogP contribution < -0.4 is 9.47 Å². The summed E-state index contributed by atoms with van der Waals surface area (Å²) in [5, 5.41) is 0. The second-order valence-electron chi connectivity index (χ2n) is 7.71. The van der Waals surface area contributed by atoms with E-state index in [2.05, 4.69) is 0 Å². The van der Waals surface area contributed by atoms with E-state index in [1.807, 2.05) is 12.1 Å². The van der Waals surface area contributed by atoms with Gasteiger partial charge in [0.1, 0.15) is 13.2 Å². The summed E-state index contributed by atoms with van der Waals surface area (Å²) in [7, 11) is -3.73. The molecule has 1 atom stereocenters. The van der Waals surface area contributed by atoms with Gasteiger partial charge in [0.25, 0.3) is 0 Å².